The summed E-state index contributed by atoms with van der Waals surface area (Å²) < 4.78 is 24.6. The molecule has 0 saturated carbocycles. The molecule has 0 spiro atoms. The van der Waals surface area contributed by atoms with Gasteiger partial charge in [0.1, 0.15) is 11.6 Å². The van der Waals surface area contributed by atoms with Crippen molar-refractivity contribution in [3.63, 3.8) is 0 Å². The molecule has 0 amide bonds. The standard InChI is InChI=1S/C38H35FN4O.Pt/c1-22-15-24(3)37(25(4)16-22)38-26(5)41-43(27(38)6)29-17-23(2)18-31(20-29)44-30-11-12-33-32-9-7-8-10-34(32)42(35(33)21-30)36-19-28(39)13-14-40-36;/h7-15,17-19,22,25,37H,16H2,1-6H3;/q-2;+2/t22-,25-,37?;/m0./s1. The van der Waals surface area contributed by atoms with E-state index in [1.807, 2.05) is 45.6 Å². The van der Waals surface area contributed by atoms with Gasteiger partial charge in [-0.05, 0) is 62.2 Å². The van der Waals surface area contributed by atoms with E-state index in [1.165, 1.54) is 35.9 Å². The summed E-state index contributed by atoms with van der Waals surface area (Å²) in [5.41, 5.74) is 8.49. The Balaban J connectivity index is 0.00000357. The smallest absolute Gasteiger partial charge is 0.509 e. The van der Waals surface area contributed by atoms with Gasteiger partial charge in [-0.3, -0.25) is 4.68 Å². The molecule has 0 aliphatic heterocycles. The molecular formula is C38H35FN4OPt. The van der Waals surface area contributed by atoms with Crippen molar-refractivity contribution in [1.82, 2.24) is 19.3 Å². The molecule has 7 heteroatoms. The first-order valence-corrected chi connectivity index (χ1v) is 15.2. The van der Waals surface area contributed by atoms with Crippen LogP contribution in [0.5, 0.6) is 11.5 Å². The monoisotopic (exact) mass is 777 g/mol. The summed E-state index contributed by atoms with van der Waals surface area (Å²) >= 11 is 0. The van der Waals surface area contributed by atoms with E-state index >= 15 is 0 Å². The number of halogens is 1. The van der Waals surface area contributed by atoms with Crippen LogP contribution in [0.25, 0.3) is 33.3 Å². The van der Waals surface area contributed by atoms with Gasteiger partial charge < -0.3 is 9.30 Å². The zero-order valence-electron chi connectivity index (χ0n) is 26.3. The van der Waals surface area contributed by atoms with Gasteiger partial charge in [0.15, 0.2) is 0 Å². The predicted molar refractivity (Wildman–Crippen MR) is 173 cm³/mol. The third-order valence-electron chi connectivity index (χ3n) is 8.92. The molecular weight excluding hydrogens is 743 g/mol. The predicted octanol–water partition coefficient (Wildman–Crippen LogP) is 9.52. The van der Waals surface area contributed by atoms with Crippen molar-refractivity contribution in [1.29, 1.82) is 0 Å². The largest absolute Gasteiger partial charge is 2.00 e. The molecule has 1 unspecified atom stereocenters. The number of allylic oxidation sites excluding steroid dienone is 2. The summed E-state index contributed by atoms with van der Waals surface area (Å²) in [5, 5.41) is 7.02. The minimum Gasteiger partial charge on any atom is -0.509 e. The number of hydrogen-bond acceptors (Lipinski definition) is 3. The van der Waals surface area contributed by atoms with Crippen LogP contribution >= 0.6 is 0 Å². The van der Waals surface area contributed by atoms with Crippen molar-refractivity contribution in [2.75, 3.05) is 0 Å². The molecule has 3 heterocycles. The molecule has 3 aromatic carbocycles. The van der Waals surface area contributed by atoms with Crippen LogP contribution in [0.4, 0.5) is 4.39 Å². The third-order valence-corrected chi connectivity index (χ3v) is 8.92. The summed E-state index contributed by atoms with van der Waals surface area (Å²) in [5.74, 6) is 2.76. The average Bonchev–Trinajstić information content (AvgIpc) is 3.45. The topological polar surface area (TPSA) is 44.9 Å². The Morgan fingerprint density at radius 2 is 1.71 bits per heavy atom. The molecule has 6 aromatic rings. The SMILES string of the molecule is CC1=C[C@H](C)C[C@H](C)C1c1c(C)nn(-c2[c-]c(Oc3[c-]c4c(cc3)c3ccccc3n4-c3cc(F)ccn3)cc(C)c2)c1C.[Pt+2]. The van der Waals surface area contributed by atoms with Crippen LogP contribution < -0.4 is 4.74 Å². The number of hydrogen-bond donors (Lipinski definition) is 0. The van der Waals surface area contributed by atoms with Crippen LogP contribution in [0, 0.1) is 50.6 Å². The van der Waals surface area contributed by atoms with Gasteiger partial charge in [-0.1, -0.05) is 56.1 Å². The fourth-order valence-electron chi connectivity index (χ4n) is 7.28. The van der Waals surface area contributed by atoms with E-state index in [1.54, 1.807) is 0 Å². The minimum atomic E-state index is -0.346. The fourth-order valence-corrected chi connectivity index (χ4v) is 7.28. The molecule has 1 aliphatic rings. The molecule has 0 radical (unpaired) electrons. The van der Waals surface area contributed by atoms with Crippen LogP contribution in [0.1, 0.15) is 55.6 Å². The normalized spacial score (nSPS) is 18.2. The Morgan fingerprint density at radius 1 is 0.911 bits per heavy atom. The van der Waals surface area contributed by atoms with Crippen LogP contribution in [0.2, 0.25) is 0 Å². The van der Waals surface area contributed by atoms with Gasteiger partial charge in [0.2, 0.25) is 0 Å². The Hall–Kier alpha value is -4.02. The summed E-state index contributed by atoms with van der Waals surface area (Å²) in [6.07, 6.45) is 5.07. The first-order chi connectivity index (χ1) is 21.2. The number of fused-ring (bicyclic) bond motifs is 3. The van der Waals surface area contributed by atoms with Crippen molar-refractivity contribution in [3.8, 4) is 23.0 Å². The summed E-state index contributed by atoms with van der Waals surface area (Å²) in [6.45, 7) is 13.2. The first kappa shape index (κ1) is 31.0. The molecule has 5 nitrogen and oxygen atoms in total. The average molecular weight is 778 g/mol. The van der Waals surface area contributed by atoms with E-state index < -0.39 is 0 Å². The third kappa shape index (κ3) is 5.54. The molecule has 3 atom stereocenters. The van der Waals surface area contributed by atoms with E-state index in [0.717, 1.165) is 44.4 Å². The number of nitrogens with zero attached hydrogens (tertiary/aromatic N) is 4. The van der Waals surface area contributed by atoms with E-state index in [-0.39, 0.29) is 26.9 Å². The van der Waals surface area contributed by atoms with Crippen molar-refractivity contribution < 1.29 is 30.2 Å². The van der Waals surface area contributed by atoms with Crippen LogP contribution in [0.3, 0.4) is 0 Å². The zero-order valence-corrected chi connectivity index (χ0v) is 28.5. The van der Waals surface area contributed by atoms with Gasteiger partial charge in [0.05, 0.1) is 5.69 Å². The van der Waals surface area contributed by atoms with Crippen molar-refractivity contribution in [3.05, 3.63) is 119 Å². The number of para-hydroxylation sites is 1. The number of aromatic nitrogens is 4. The van der Waals surface area contributed by atoms with Crippen molar-refractivity contribution in [2.45, 2.75) is 53.9 Å². The van der Waals surface area contributed by atoms with E-state index in [0.29, 0.717) is 35.1 Å². The fraction of sp³-hybridized carbons (Fsp3) is 0.263. The molecule has 0 fully saturated rings. The first-order valence-electron chi connectivity index (χ1n) is 15.2. The molecule has 0 bridgehead atoms. The maximum absolute atomic E-state index is 14.3. The Labute approximate surface area is 278 Å². The second-order valence-electron chi connectivity index (χ2n) is 12.4. The molecule has 45 heavy (non-hydrogen) atoms. The van der Waals surface area contributed by atoms with Crippen LogP contribution in [0.15, 0.2) is 78.5 Å². The maximum Gasteiger partial charge on any atom is 2.00 e. The van der Waals surface area contributed by atoms with Gasteiger partial charge in [-0.25, -0.2) is 9.37 Å². The molecule has 7 rings (SSSR count). The van der Waals surface area contributed by atoms with Gasteiger partial charge in [-0.15, -0.1) is 35.7 Å². The number of benzene rings is 3. The van der Waals surface area contributed by atoms with Crippen LogP contribution in [-0.2, 0) is 21.1 Å². The number of aryl methyl sites for hydroxylation is 2. The van der Waals surface area contributed by atoms with E-state index in [2.05, 4.69) is 76.9 Å². The second-order valence-corrected chi connectivity index (χ2v) is 12.4. The quantitative estimate of drug-likeness (QED) is 0.130. The van der Waals surface area contributed by atoms with E-state index in [4.69, 9.17) is 9.84 Å². The van der Waals surface area contributed by atoms with Gasteiger partial charge in [0, 0.05) is 46.5 Å². The maximum atomic E-state index is 14.3. The summed E-state index contributed by atoms with van der Waals surface area (Å²) in [6, 6.07) is 25.7. The summed E-state index contributed by atoms with van der Waals surface area (Å²) in [7, 11) is 0. The van der Waals surface area contributed by atoms with Crippen molar-refractivity contribution >= 4 is 21.8 Å². The zero-order chi connectivity index (χ0) is 30.7. The molecule has 0 saturated heterocycles. The van der Waals surface area contributed by atoms with Gasteiger partial charge in [-0.2, -0.15) is 16.7 Å². The Kier molecular flexibility index (Phi) is 8.30. The molecule has 1 aliphatic carbocycles. The van der Waals surface area contributed by atoms with Crippen molar-refractivity contribution in [2.24, 2.45) is 11.8 Å². The Bertz CT molecular complexity index is 2090. The van der Waals surface area contributed by atoms with Crippen LogP contribution in [-0.4, -0.2) is 19.3 Å². The number of pyridine rings is 1. The minimum absolute atomic E-state index is 0. The molecule has 0 N–H and O–H groups in total. The Morgan fingerprint density at radius 3 is 2.49 bits per heavy atom. The number of rotatable bonds is 5. The van der Waals surface area contributed by atoms with Gasteiger partial charge >= 0.3 is 21.1 Å². The van der Waals surface area contributed by atoms with E-state index in [9.17, 15) is 4.39 Å². The number of ether oxygens (including phenoxy) is 1. The second kappa shape index (κ2) is 12.1. The molecule has 230 valence electrons. The molecule has 3 aromatic heterocycles. The van der Waals surface area contributed by atoms with Gasteiger partial charge in [0.25, 0.3) is 0 Å². The summed E-state index contributed by atoms with van der Waals surface area (Å²) in [4.78, 5) is 4.46.